The number of rotatable bonds is 4. The van der Waals surface area contributed by atoms with Gasteiger partial charge in [0.2, 0.25) is 0 Å². The molecule has 1 N–H and O–H groups in total. The van der Waals surface area contributed by atoms with Crippen molar-refractivity contribution in [2.75, 3.05) is 5.33 Å². The lowest BCUT2D eigenvalue weighted by molar-refractivity contribution is 0.0836. The SMILES string of the molecule is C[Si](C)(C)CC(O)(CBr)c1cccc(Br)c1. The summed E-state index contributed by atoms with van der Waals surface area (Å²) in [6.07, 6.45) is 0. The molecule has 0 amide bonds. The Kier molecular flexibility index (Phi) is 4.81. The Labute approximate surface area is 116 Å². The van der Waals surface area contributed by atoms with Gasteiger partial charge in [-0.2, -0.15) is 0 Å². The van der Waals surface area contributed by atoms with Gasteiger partial charge in [0, 0.05) is 17.9 Å². The van der Waals surface area contributed by atoms with Crippen molar-refractivity contribution in [3.05, 3.63) is 34.3 Å². The number of hydrogen-bond donors (Lipinski definition) is 1. The molecule has 0 saturated heterocycles. The number of benzene rings is 1. The highest BCUT2D eigenvalue weighted by Gasteiger charge is 2.33. The topological polar surface area (TPSA) is 20.2 Å². The largest absolute Gasteiger partial charge is 0.385 e. The Bertz CT molecular complexity index is 362. The summed E-state index contributed by atoms with van der Waals surface area (Å²) >= 11 is 6.89. The van der Waals surface area contributed by atoms with E-state index in [4.69, 9.17) is 0 Å². The number of halogens is 2. The van der Waals surface area contributed by atoms with Crippen LogP contribution in [0, 0.1) is 0 Å². The van der Waals surface area contributed by atoms with E-state index in [2.05, 4.69) is 51.5 Å². The molecule has 0 spiro atoms. The predicted octanol–water partition coefficient (Wildman–Crippen LogP) is 4.37. The molecule has 90 valence electrons. The summed E-state index contributed by atoms with van der Waals surface area (Å²) in [5.74, 6) is 0. The molecule has 1 nitrogen and oxygen atoms in total. The van der Waals surface area contributed by atoms with Crippen LogP contribution in [0.25, 0.3) is 0 Å². The van der Waals surface area contributed by atoms with Crippen LogP contribution in [0.15, 0.2) is 28.7 Å². The van der Waals surface area contributed by atoms with E-state index in [1.165, 1.54) is 0 Å². The molecular formula is C12H18Br2OSi. The van der Waals surface area contributed by atoms with Crippen LogP contribution in [0.4, 0.5) is 0 Å². The van der Waals surface area contributed by atoms with Crippen LogP contribution < -0.4 is 0 Å². The van der Waals surface area contributed by atoms with Crippen molar-refractivity contribution in [3.63, 3.8) is 0 Å². The minimum atomic E-state index is -1.31. The number of aliphatic hydroxyl groups is 1. The molecular weight excluding hydrogens is 348 g/mol. The molecule has 0 aliphatic rings. The minimum absolute atomic E-state index is 0.584. The zero-order valence-corrected chi connectivity index (χ0v) is 14.1. The first-order chi connectivity index (χ1) is 7.27. The van der Waals surface area contributed by atoms with E-state index in [1.54, 1.807) is 0 Å². The second kappa shape index (κ2) is 5.34. The Morgan fingerprint density at radius 2 is 1.94 bits per heavy atom. The van der Waals surface area contributed by atoms with Crippen LogP contribution in [0.2, 0.25) is 25.7 Å². The standard InChI is InChI=1S/C12H18Br2OSi/c1-16(2,3)9-12(15,8-13)10-5-4-6-11(14)7-10/h4-7,15H,8-9H2,1-3H3. The maximum Gasteiger partial charge on any atom is 0.0970 e. The highest BCUT2D eigenvalue weighted by atomic mass is 79.9. The summed E-state index contributed by atoms with van der Waals surface area (Å²) in [5, 5.41) is 11.3. The molecule has 16 heavy (non-hydrogen) atoms. The lowest BCUT2D eigenvalue weighted by Crippen LogP contribution is -2.37. The van der Waals surface area contributed by atoms with E-state index in [0.717, 1.165) is 16.1 Å². The fourth-order valence-corrected chi connectivity index (χ4v) is 5.25. The van der Waals surface area contributed by atoms with E-state index >= 15 is 0 Å². The summed E-state index contributed by atoms with van der Waals surface area (Å²) in [7, 11) is -1.31. The van der Waals surface area contributed by atoms with Gasteiger partial charge in [-0.25, -0.2) is 0 Å². The van der Waals surface area contributed by atoms with Crippen LogP contribution in [-0.2, 0) is 5.60 Å². The van der Waals surface area contributed by atoms with Gasteiger partial charge in [0.1, 0.15) is 0 Å². The monoisotopic (exact) mass is 364 g/mol. The van der Waals surface area contributed by atoms with Crippen LogP contribution in [0.1, 0.15) is 5.56 Å². The second-order valence-electron chi connectivity index (χ2n) is 5.41. The normalized spacial score (nSPS) is 15.9. The third kappa shape index (κ3) is 3.98. The van der Waals surface area contributed by atoms with Crippen molar-refractivity contribution in [1.29, 1.82) is 0 Å². The molecule has 0 radical (unpaired) electrons. The van der Waals surface area contributed by atoms with Crippen molar-refractivity contribution in [3.8, 4) is 0 Å². The maximum atomic E-state index is 10.7. The zero-order chi connectivity index (χ0) is 12.4. The van der Waals surface area contributed by atoms with Gasteiger partial charge in [-0.3, -0.25) is 0 Å². The molecule has 0 aromatic heterocycles. The number of hydrogen-bond acceptors (Lipinski definition) is 1. The maximum absolute atomic E-state index is 10.7. The Hall–Kier alpha value is 0.357. The molecule has 4 heteroatoms. The summed E-state index contributed by atoms with van der Waals surface area (Å²) in [4.78, 5) is 0. The second-order valence-corrected chi connectivity index (χ2v) is 12.4. The van der Waals surface area contributed by atoms with Gasteiger partial charge in [0.15, 0.2) is 0 Å². The van der Waals surface area contributed by atoms with Crippen molar-refractivity contribution in [1.82, 2.24) is 0 Å². The summed E-state index contributed by atoms with van der Waals surface area (Å²) in [6, 6.07) is 8.80. The quantitative estimate of drug-likeness (QED) is 0.620. The average Bonchev–Trinajstić information content (AvgIpc) is 2.15. The molecule has 1 aromatic rings. The third-order valence-corrected chi connectivity index (χ3v) is 5.47. The lowest BCUT2D eigenvalue weighted by Gasteiger charge is -2.32. The van der Waals surface area contributed by atoms with Gasteiger partial charge >= 0.3 is 0 Å². The van der Waals surface area contributed by atoms with Gasteiger partial charge in [0.05, 0.1) is 5.60 Å². The minimum Gasteiger partial charge on any atom is -0.385 e. The summed E-state index contributed by atoms with van der Waals surface area (Å²) < 4.78 is 1.01. The summed E-state index contributed by atoms with van der Waals surface area (Å²) in [5.41, 5.74) is 0.245. The molecule has 0 aliphatic heterocycles. The van der Waals surface area contributed by atoms with E-state index < -0.39 is 13.7 Å². The Morgan fingerprint density at radius 1 is 1.31 bits per heavy atom. The van der Waals surface area contributed by atoms with E-state index in [9.17, 15) is 5.11 Å². The molecule has 0 saturated carbocycles. The lowest BCUT2D eigenvalue weighted by atomic mass is 9.98. The van der Waals surface area contributed by atoms with E-state index in [-0.39, 0.29) is 0 Å². The van der Waals surface area contributed by atoms with Gasteiger partial charge in [-0.15, -0.1) is 0 Å². The van der Waals surface area contributed by atoms with Crippen LogP contribution in [0.5, 0.6) is 0 Å². The fraction of sp³-hybridized carbons (Fsp3) is 0.500. The van der Waals surface area contributed by atoms with Gasteiger partial charge < -0.3 is 5.11 Å². The van der Waals surface area contributed by atoms with Gasteiger partial charge in [-0.1, -0.05) is 63.6 Å². The van der Waals surface area contributed by atoms with Gasteiger partial charge in [-0.05, 0) is 23.7 Å². The van der Waals surface area contributed by atoms with Crippen molar-refractivity contribution in [2.24, 2.45) is 0 Å². The Balaban J connectivity index is 3.05. The van der Waals surface area contributed by atoms with Crippen molar-refractivity contribution >= 4 is 39.9 Å². The third-order valence-electron chi connectivity index (χ3n) is 2.41. The molecule has 1 atom stereocenters. The average molecular weight is 366 g/mol. The molecule has 1 unspecified atom stereocenters. The Morgan fingerprint density at radius 3 is 2.38 bits per heavy atom. The van der Waals surface area contributed by atoms with E-state index in [0.29, 0.717) is 5.33 Å². The van der Waals surface area contributed by atoms with Crippen molar-refractivity contribution < 1.29 is 5.11 Å². The smallest absolute Gasteiger partial charge is 0.0970 e. The zero-order valence-electron chi connectivity index (χ0n) is 9.93. The molecule has 1 aromatic carbocycles. The molecule has 1 rings (SSSR count). The molecule has 0 bridgehead atoms. The molecule has 0 heterocycles. The molecule has 0 aliphatic carbocycles. The van der Waals surface area contributed by atoms with Gasteiger partial charge in [0.25, 0.3) is 0 Å². The first-order valence-electron chi connectivity index (χ1n) is 5.31. The highest BCUT2D eigenvalue weighted by molar-refractivity contribution is 9.10. The predicted molar refractivity (Wildman–Crippen MR) is 80.0 cm³/mol. The molecule has 0 fully saturated rings. The highest BCUT2D eigenvalue weighted by Crippen LogP contribution is 2.33. The van der Waals surface area contributed by atoms with Crippen LogP contribution in [-0.4, -0.2) is 18.5 Å². The van der Waals surface area contributed by atoms with Crippen LogP contribution >= 0.6 is 31.9 Å². The van der Waals surface area contributed by atoms with Crippen LogP contribution in [0.3, 0.4) is 0 Å². The summed E-state index contributed by atoms with van der Waals surface area (Å²) in [6.45, 7) is 6.83. The van der Waals surface area contributed by atoms with E-state index in [1.807, 2.05) is 24.3 Å². The first-order valence-corrected chi connectivity index (χ1v) is 10.9. The van der Waals surface area contributed by atoms with Crippen molar-refractivity contribution in [2.45, 2.75) is 31.3 Å². The number of alkyl halides is 1. The fourth-order valence-electron chi connectivity index (χ4n) is 1.88. The first kappa shape index (κ1) is 14.4.